The molecular formula is C22H24N2O3S2. The molecule has 1 atom stereocenters. The van der Waals surface area contributed by atoms with E-state index in [0.717, 1.165) is 10.5 Å². The predicted molar refractivity (Wildman–Crippen MR) is 118 cm³/mol. The van der Waals surface area contributed by atoms with Crippen LogP contribution in [0.15, 0.2) is 64.4 Å². The third kappa shape index (κ3) is 3.99. The van der Waals surface area contributed by atoms with Gasteiger partial charge < -0.3 is 4.90 Å². The fraction of sp³-hybridized carbons (Fsp3) is 0.318. The third-order valence-electron chi connectivity index (χ3n) is 5.32. The lowest BCUT2D eigenvalue weighted by atomic mass is 10.0. The van der Waals surface area contributed by atoms with Gasteiger partial charge in [0.15, 0.2) is 0 Å². The molecule has 7 heteroatoms. The van der Waals surface area contributed by atoms with E-state index in [1.807, 2.05) is 30.3 Å². The number of anilines is 1. The standard InChI is InChI=1S/C22H24N2O3S2/c1-16-15-24(17(2)25)21-14-20(8-9-22(21)28-16)29(26,27)23-12-10-19(11-13-23)18-6-4-3-5-7-18/h3-10,14,16H,11-13,15H2,1-2H3. The van der Waals surface area contributed by atoms with E-state index >= 15 is 0 Å². The maximum absolute atomic E-state index is 13.2. The molecule has 2 aliphatic heterocycles. The smallest absolute Gasteiger partial charge is 0.243 e. The van der Waals surface area contributed by atoms with E-state index in [-0.39, 0.29) is 16.1 Å². The number of carbonyl (C=O) groups is 1. The minimum atomic E-state index is -3.62. The molecule has 29 heavy (non-hydrogen) atoms. The first-order chi connectivity index (χ1) is 13.9. The SMILES string of the molecule is CC(=O)N1CC(C)Sc2ccc(S(=O)(=O)N3CC=C(c4ccccc4)CC3)cc21. The second kappa shape index (κ2) is 7.97. The molecule has 0 fully saturated rings. The van der Waals surface area contributed by atoms with Crippen molar-refractivity contribution in [3.8, 4) is 0 Å². The Morgan fingerprint density at radius 2 is 1.90 bits per heavy atom. The molecule has 5 nitrogen and oxygen atoms in total. The van der Waals surface area contributed by atoms with Crippen molar-refractivity contribution in [3.63, 3.8) is 0 Å². The van der Waals surface area contributed by atoms with E-state index in [9.17, 15) is 13.2 Å². The van der Waals surface area contributed by atoms with Crippen LogP contribution in [0.5, 0.6) is 0 Å². The van der Waals surface area contributed by atoms with Crippen molar-refractivity contribution in [1.29, 1.82) is 0 Å². The molecule has 0 bridgehead atoms. The summed E-state index contributed by atoms with van der Waals surface area (Å²) in [6.07, 6.45) is 2.68. The Morgan fingerprint density at radius 3 is 2.55 bits per heavy atom. The topological polar surface area (TPSA) is 57.7 Å². The Bertz CT molecular complexity index is 1060. The molecule has 0 radical (unpaired) electrons. The maximum atomic E-state index is 13.2. The van der Waals surface area contributed by atoms with Crippen LogP contribution >= 0.6 is 11.8 Å². The van der Waals surface area contributed by atoms with E-state index in [0.29, 0.717) is 31.7 Å². The summed E-state index contributed by atoms with van der Waals surface area (Å²) in [7, 11) is -3.62. The van der Waals surface area contributed by atoms with E-state index < -0.39 is 10.0 Å². The Hall–Kier alpha value is -2.09. The minimum absolute atomic E-state index is 0.0682. The number of thioether (sulfide) groups is 1. The van der Waals surface area contributed by atoms with E-state index in [4.69, 9.17) is 0 Å². The first-order valence-electron chi connectivity index (χ1n) is 9.69. The number of amides is 1. The van der Waals surface area contributed by atoms with E-state index in [2.05, 4.69) is 19.1 Å². The highest BCUT2D eigenvalue weighted by atomic mass is 32.2. The zero-order chi connectivity index (χ0) is 20.6. The van der Waals surface area contributed by atoms with Crippen molar-refractivity contribution in [3.05, 3.63) is 60.2 Å². The van der Waals surface area contributed by atoms with Crippen LogP contribution in [0.4, 0.5) is 5.69 Å². The predicted octanol–water partition coefficient (Wildman–Crippen LogP) is 4.01. The van der Waals surface area contributed by atoms with Gasteiger partial charge in [-0.1, -0.05) is 43.3 Å². The molecule has 2 aliphatic rings. The molecule has 0 N–H and O–H groups in total. The van der Waals surface area contributed by atoms with Gasteiger partial charge in [-0.05, 0) is 35.8 Å². The van der Waals surface area contributed by atoms with Gasteiger partial charge in [0.1, 0.15) is 0 Å². The largest absolute Gasteiger partial charge is 0.310 e. The number of carbonyl (C=O) groups excluding carboxylic acids is 1. The molecule has 4 rings (SSSR count). The van der Waals surface area contributed by atoms with Crippen LogP contribution in [-0.4, -0.2) is 43.5 Å². The van der Waals surface area contributed by atoms with Crippen LogP contribution in [0.2, 0.25) is 0 Å². The molecule has 0 aliphatic carbocycles. The number of rotatable bonds is 3. The average molecular weight is 429 g/mol. The van der Waals surface area contributed by atoms with Gasteiger partial charge in [-0.2, -0.15) is 4.31 Å². The fourth-order valence-corrected chi connectivity index (χ4v) is 6.30. The molecule has 0 spiro atoms. The lowest BCUT2D eigenvalue weighted by Gasteiger charge is -2.33. The Morgan fingerprint density at radius 1 is 1.14 bits per heavy atom. The van der Waals surface area contributed by atoms with E-state index in [1.54, 1.807) is 28.8 Å². The summed E-state index contributed by atoms with van der Waals surface area (Å²) in [5.74, 6) is -0.0682. The van der Waals surface area contributed by atoms with Gasteiger partial charge in [-0.15, -0.1) is 11.8 Å². The summed E-state index contributed by atoms with van der Waals surface area (Å²) in [5.41, 5.74) is 3.01. The lowest BCUT2D eigenvalue weighted by molar-refractivity contribution is -0.116. The average Bonchev–Trinajstić information content (AvgIpc) is 2.73. The summed E-state index contributed by atoms with van der Waals surface area (Å²) >= 11 is 1.67. The highest BCUT2D eigenvalue weighted by Crippen LogP contribution is 2.40. The van der Waals surface area contributed by atoms with Crippen molar-refractivity contribution in [2.24, 2.45) is 0 Å². The summed E-state index contributed by atoms with van der Waals surface area (Å²) in [6.45, 7) is 4.98. The van der Waals surface area contributed by atoms with Crippen LogP contribution in [0.25, 0.3) is 5.57 Å². The van der Waals surface area contributed by atoms with Gasteiger partial charge >= 0.3 is 0 Å². The number of hydrogen-bond donors (Lipinski definition) is 0. The van der Waals surface area contributed by atoms with Crippen LogP contribution in [0, 0.1) is 0 Å². The first-order valence-corrected chi connectivity index (χ1v) is 12.0. The summed E-state index contributed by atoms with van der Waals surface area (Å²) < 4.78 is 28.0. The summed E-state index contributed by atoms with van der Waals surface area (Å²) in [5, 5.41) is 0.275. The fourth-order valence-electron chi connectivity index (χ4n) is 3.81. The zero-order valence-electron chi connectivity index (χ0n) is 16.5. The number of sulfonamides is 1. The Kier molecular flexibility index (Phi) is 5.55. The van der Waals surface area contributed by atoms with Gasteiger partial charge in [0.25, 0.3) is 0 Å². The normalized spacial score (nSPS) is 20.1. The summed E-state index contributed by atoms with van der Waals surface area (Å²) in [4.78, 5) is 15.0. The highest BCUT2D eigenvalue weighted by molar-refractivity contribution is 8.00. The lowest BCUT2D eigenvalue weighted by Crippen LogP contribution is -2.38. The monoisotopic (exact) mass is 428 g/mol. The second-order valence-electron chi connectivity index (χ2n) is 7.40. The molecular weight excluding hydrogens is 404 g/mol. The van der Waals surface area contributed by atoms with Gasteiger partial charge in [-0.3, -0.25) is 4.79 Å². The molecule has 0 saturated carbocycles. The molecule has 1 amide bonds. The molecule has 152 valence electrons. The maximum Gasteiger partial charge on any atom is 0.243 e. The molecule has 0 saturated heterocycles. The zero-order valence-corrected chi connectivity index (χ0v) is 18.2. The van der Waals surface area contributed by atoms with Crippen molar-refractivity contribution < 1.29 is 13.2 Å². The molecule has 2 aromatic rings. The van der Waals surface area contributed by atoms with Gasteiger partial charge in [0.05, 0.1) is 10.6 Å². The van der Waals surface area contributed by atoms with Crippen LogP contribution < -0.4 is 4.90 Å². The summed E-state index contributed by atoms with van der Waals surface area (Å²) in [6, 6.07) is 15.2. The number of nitrogens with zero attached hydrogens (tertiary/aromatic N) is 2. The molecule has 1 unspecified atom stereocenters. The van der Waals surface area contributed by atoms with Gasteiger partial charge in [0.2, 0.25) is 15.9 Å². The highest BCUT2D eigenvalue weighted by Gasteiger charge is 2.30. The number of hydrogen-bond acceptors (Lipinski definition) is 4. The molecule has 2 aromatic carbocycles. The van der Waals surface area contributed by atoms with Gasteiger partial charge in [-0.25, -0.2) is 8.42 Å². The Labute approximate surface area is 176 Å². The second-order valence-corrected chi connectivity index (χ2v) is 10.8. The van der Waals surface area contributed by atoms with Gasteiger partial charge in [0, 0.05) is 36.7 Å². The van der Waals surface area contributed by atoms with Crippen molar-refractivity contribution in [1.82, 2.24) is 4.31 Å². The Balaban J connectivity index is 1.61. The quantitative estimate of drug-likeness (QED) is 0.741. The van der Waals surface area contributed by atoms with Crippen molar-refractivity contribution >= 4 is 39.0 Å². The van der Waals surface area contributed by atoms with Crippen molar-refractivity contribution in [2.45, 2.75) is 35.3 Å². The van der Waals surface area contributed by atoms with Crippen LogP contribution in [0.3, 0.4) is 0 Å². The van der Waals surface area contributed by atoms with E-state index in [1.165, 1.54) is 16.8 Å². The molecule has 2 heterocycles. The number of fused-ring (bicyclic) bond motifs is 1. The third-order valence-corrected chi connectivity index (χ3v) is 8.34. The minimum Gasteiger partial charge on any atom is -0.310 e. The first kappa shape index (κ1) is 20.2. The van der Waals surface area contributed by atoms with Crippen molar-refractivity contribution in [2.75, 3.05) is 24.5 Å². The van der Waals surface area contributed by atoms with Crippen LogP contribution in [-0.2, 0) is 14.8 Å². The number of benzene rings is 2. The van der Waals surface area contributed by atoms with Crippen LogP contribution in [0.1, 0.15) is 25.8 Å². The molecule has 0 aromatic heterocycles.